The van der Waals surface area contributed by atoms with E-state index >= 15 is 0 Å². The van der Waals surface area contributed by atoms with Gasteiger partial charge in [0, 0.05) is 17.9 Å². The fourth-order valence-electron chi connectivity index (χ4n) is 2.75. The molecule has 0 aliphatic carbocycles. The van der Waals surface area contributed by atoms with E-state index in [9.17, 15) is 19.8 Å². The van der Waals surface area contributed by atoms with Crippen LogP contribution in [0.2, 0.25) is 0 Å². The molecule has 0 radical (unpaired) electrons. The van der Waals surface area contributed by atoms with Crippen molar-refractivity contribution < 1.29 is 34.0 Å². The first kappa shape index (κ1) is 19.5. The maximum absolute atomic E-state index is 12.2. The van der Waals surface area contributed by atoms with E-state index in [0.717, 1.165) is 11.8 Å². The number of esters is 2. The number of allylic oxidation sites excluding steroid dienone is 1. The van der Waals surface area contributed by atoms with Crippen LogP contribution >= 0.6 is 0 Å². The molecule has 140 valence electrons. The van der Waals surface area contributed by atoms with Gasteiger partial charge in [0.1, 0.15) is 5.75 Å². The molecule has 7 nitrogen and oxygen atoms in total. The lowest BCUT2D eigenvalue weighted by Gasteiger charge is -2.28. The van der Waals surface area contributed by atoms with Crippen molar-refractivity contribution in [2.45, 2.75) is 26.1 Å². The highest BCUT2D eigenvalue weighted by atomic mass is 16.6. The summed E-state index contributed by atoms with van der Waals surface area (Å²) < 4.78 is 15.0. The van der Waals surface area contributed by atoms with Crippen molar-refractivity contribution in [3.05, 3.63) is 53.3 Å². The number of phenols is 1. The van der Waals surface area contributed by atoms with Crippen LogP contribution in [0.5, 0.6) is 5.75 Å². The molecule has 2 N–H and O–H groups in total. The highest BCUT2D eigenvalue weighted by Crippen LogP contribution is 2.32. The summed E-state index contributed by atoms with van der Waals surface area (Å²) in [7, 11) is 1.23. The second kappa shape index (κ2) is 9.05. The number of aliphatic hydroxyl groups is 1. The second-order valence-corrected chi connectivity index (χ2v) is 5.74. The van der Waals surface area contributed by atoms with Gasteiger partial charge in [0.25, 0.3) is 0 Å². The molecule has 0 amide bonds. The number of aromatic hydroxyl groups is 1. The molecule has 26 heavy (non-hydrogen) atoms. The lowest BCUT2D eigenvalue weighted by atomic mass is 9.86. The maximum Gasteiger partial charge on any atom is 0.337 e. The minimum Gasteiger partial charge on any atom is -0.508 e. The topological polar surface area (TPSA) is 102 Å². The van der Waals surface area contributed by atoms with E-state index in [1.165, 1.54) is 7.11 Å². The molecule has 1 aromatic rings. The van der Waals surface area contributed by atoms with Gasteiger partial charge in [0.15, 0.2) is 0 Å². The third-order valence-corrected chi connectivity index (χ3v) is 4.08. The Morgan fingerprint density at radius 3 is 2.77 bits per heavy atom. The Hall–Kier alpha value is -2.80. The molecule has 2 unspecified atom stereocenters. The van der Waals surface area contributed by atoms with Gasteiger partial charge < -0.3 is 24.4 Å². The number of methoxy groups -OCH3 is 1. The van der Waals surface area contributed by atoms with Crippen LogP contribution in [-0.4, -0.2) is 42.2 Å². The Morgan fingerprint density at radius 1 is 1.35 bits per heavy atom. The summed E-state index contributed by atoms with van der Waals surface area (Å²) >= 11 is 0. The quantitative estimate of drug-likeness (QED) is 0.588. The van der Waals surface area contributed by atoms with Gasteiger partial charge in [-0.15, -0.1) is 0 Å². The van der Waals surface area contributed by atoms with E-state index in [4.69, 9.17) is 14.2 Å². The Balaban J connectivity index is 1.99. The number of carbonyl (C=O) groups excluding carboxylic acids is 2. The molecule has 0 fully saturated rings. The fourth-order valence-corrected chi connectivity index (χ4v) is 2.75. The van der Waals surface area contributed by atoms with Crippen LogP contribution in [0.4, 0.5) is 0 Å². The Bertz CT molecular complexity index is 720. The van der Waals surface area contributed by atoms with Crippen LogP contribution in [0.15, 0.2) is 47.7 Å². The summed E-state index contributed by atoms with van der Waals surface area (Å²) in [6.45, 7) is 1.82. The van der Waals surface area contributed by atoms with Crippen molar-refractivity contribution in [2.75, 3.05) is 13.7 Å². The molecule has 1 aromatic carbocycles. The Kier molecular flexibility index (Phi) is 6.80. The summed E-state index contributed by atoms with van der Waals surface area (Å²) in [5, 5.41) is 19.3. The Labute approximate surface area is 151 Å². The normalized spacial score (nSPS) is 20.9. The first-order valence-corrected chi connectivity index (χ1v) is 8.17. The molecule has 1 aliphatic rings. The largest absolute Gasteiger partial charge is 0.508 e. The molecule has 2 rings (SSSR count). The van der Waals surface area contributed by atoms with Gasteiger partial charge in [-0.3, -0.25) is 4.79 Å². The van der Waals surface area contributed by atoms with Crippen LogP contribution in [0, 0.1) is 5.92 Å². The standard InChI is InChI=1S/C19H22O7/c1-3-14-15(16(18(22)24-2)11-26-19(14)23)10-17(21)25-8-7-12-5-4-6-13(20)9-12/h3-6,9,11,15,19-20,23H,7-8,10H2,1-2H3/b14-3-. The van der Waals surface area contributed by atoms with Crippen molar-refractivity contribution in [1.82, 2.24) is 0 Å². The van der Waals surface area contributed by atoms with Gasteiger partial charge in [-0.1, -0.05) is 18.2 Å². The van der Waals surface area contributed by atoms with Crippen LogP contribution in [0.3, 0.4) is 0 Å². The van der Waals surface area contributed by atoms with Gasteiger partial charge in [-0.2, -0.15) is 0 Å². The summed E-state index contributed by atoms with van der Waals surface area (Å²) in [5.41, 5.74) is 1.39. The SMILES string of the molecule is C/C=C1\C(O)OC=C(C(=O)OC)C1CC(=O)OCCc1cccc(O)c1. The van der Waals surface area contributed by atoms with E-state index < -0.39 is 24.1 Å². The molecular weight excluding hydrogens is 340 g/mol. The molecule has 0 bridgehead atoms. The van der Waals surface area contributed by atoms with E-state index in [0.29, 0.717) is 12.0 Å². The summed E-state index contributed by atoms with van der Waals surface area (Å²) in [4.78, 5) is 24.1. The number of benzene rings is 1. The molecule has 0 spiro atoms. The van der Waals surface area contributed by atoms with E-state index in [-0.39, 0.29) is 24.4 Å². The predicted octanol–water partition coefficient (Wildman–Crippen LogP) is 1.84. The van der Waals surface area contributed by atoms with Gasteiger partial charge in [-0.05, 0) is 24.6 Å². The molecule has 2 atom stereocenters. The molecular formula is C19H22O7. The Morgan fingerprint density at radius 2 is 2.12 bits per heavy atom. The van der Waals surface area contributed by atoms with Crippen molar-refractivity contribution >= 4 is 11.9 Å². The highest BCUT2D eigenvalue weighted by molar-refractivity contribution is 5.90. The number of phenolic OH excluding ortho intramolecular Hbond substituents is 1. The van der Waals surface area contributed by atoms with E-state index in [1.807, 2.05) is 6.07 Å². The van der Waals surface area contributed by atoms with E-state index in [1.54, 1.807) is 31.2 Å². The van der Waals surface area contributed by atoms with Gasteiger partial charge in [0.2, 0.25) is 6.29 Å². The molecule has 0 saturated carbocycles. The van der Waals surface area contributed by atoms with Crippen molar-refractivity contribution in [3.63, 3.8) is 0 Å². The fraction of sp³-hybridized carbons (Fsp3) is 0.368. The first-order valence-electron chi connectivity index (χ1n) is 8.17. The minimum absolute atomic E-state index is 0.124. The van der Waals surface area contributed by atoms with Crippen molar-refractivity contribution in [1.29, 1.82) is 0 Å². The number of hydrogen-bond acceptors (Lipinski definition) is 7. The molecule has 1 aliphatic heterocycles. The van der Waals surface area contributed by atoms with Crippen molar-refractivity contribution in [3.8, 4) is 5.75 Å². The number of carbonyl (C=O) groups is 2. The summed E-state index contributed by atoms with van der Waals surface area (Å²) in [6.07, 6.45) is 1.83. The summed E-state index contributed by atoms with van der Waals surface area (Å²) in [5.74, 6) is -1.67. The molecule has 1 heterocycles. The maximum atomic E-state index is 12.2. The molecule has 0 saturated heterocycles. The molecule has 7 heteroatoms. The molecule has 0 aromatic heterocycles. The zero-order valence-corrected chi connectivity index (χ0v) is 14.7. The van der Waals surface area contributed by atoms with Crippen LogP contribution in [0.25, 0.3) is 0 Å². The average Bonchev–Trinajstić information content (AvgIpc) is 2.61. The minimum atomic E-state index is -1.22. The van der Waals surface area contributed by atoms with Gasteiger partial charge in [-0.25, -0.2) is 4.79 Å². The lowest BCUT2D eigenvalue weighted by Crippen LogP contribution is -2.31. The highest BCUT2D eigenvalue weighted by Gasteiger charge is 2.35. The first-order chi connectivity index (χ1) is 12.5. The number of rotatable bonds is 6. The number of aliphatic hydroxyl groups excluding tert-OH is 1. The van der Waals surface area contributed by atoms with Crippen molar-refractivity contribution in [2.24, 2.45) is 5.92 Å². The zero-order chi connectivity index (χ0) is 19.1. The third-order valence-electron chi connectivity index (χ3n) is 4.08. The van der Waals surface area contributed by atoms with Crippen LogP contribution in [0.1, 0.15) is 18.9 Å². The summed E-state index contributed by atoms with van der Waals surface area (Å²) in [6, 6.07) is 6.68. The number of hydrogen-bond donors (Lipinski definition) is 2. The predicted molar refractivity (Wildman–Crippen MR) is 91.8 cm³/mol. The monoisotopic (exact) mass is 362 g/mol. The average molecular weight is 362 g/mol. The van der Waals surface area contributed by atoms with Gasteiger partial charge in [0.05, 0.1) is 32.0 Å². The van der Waals surface area contributed by atoms with E-state index in [2.05, 4.69) is 0 Å². The second-order valence-electron chi connectivity index (χ2n) is 5.74. The third kappa shape index (κ3) is 4.86. The van der Waals surface area contributed by atoms with Crippen LogP contribution in [-0.2, 0) is 30.2 Å². The lowest BCUT2D eigenvalue weighted by molar-refractivity contribution is -0.145. The van der Waals surface area contributed by atoms with Crippen LogP contribution < -0.4 is 0 Å². The smallest absolute Gasteiger partial charge is 0.337 e. The number of ether oxygens (including phenoxy) is 3. The zero-order valence-electron chi connectivity index (χ0n) is 14.7. The van der Waals surface area contributed by atoms with Gasteiger partial charge >= 0.3 is 11.9 Å².